The predicted molar refractivity (Wildman–Crippen MR) is 78.2 cm³/mol. The van der Waals surface area contributed by atoms with Crippen molar-refractivity contribution in [1.29, 1.82) is 0 Å². The molecule has 5 heteroatoms. The van der Waals surface area contributed by atoms with Crippen LogP contribution < -0.4 is 17.0 Å². The van der Waals surface area contributed by atoms with Gasteiger partial charge in [0.1, 0.15) is 5.82 Å². The molecule has 1 fully saturated rings. The minimum Gasteiger partial charge on any atom is -0.398 e. The van der Waals surface area contributed by atoms with E-state index in [-0.39, 0.29) is 29.0 Å². The Labute approximate surface area is 119 Å². The van der Waals surface area contributed by atoms with Gasteiger partial charge in [0, 0.05) is 11.6 Å². The van der Waals surface area contributed by atoms with Crippen LogP contribution in [-0.2, 0) is 4.74 Å². The molecule has 0 spiro atoms. The Kier molecular flexibility index (Phi) is 3.79. The van der Waals surface area contributed by atoms with E-state index >= 15 is 0 Å². The zero-order chi connectivity index (χ0) is 15.1. The standard InChI is InChI=1S/C15H24FN3O/c1-14(2)8-11(15(3,4)20-14)13(19-18)10-7-9(16)5-6-12(10)17/h5-7,11,13,19H,8,17-18H2,1-4H3. The number of hydrogen-bond acceptors (Lipinski definition) is 4. The summed E-state index contributed by atoms with van der Waals surface area (Å²) in [5.74, 6) is 5.52. The molecular formula is C15H24FN3O. The second-order valence-corrected chi connectivity index (χ2v) is 6.69. The zero-order valence-electron chi connectivity index (χ0n) is 12.5. The summed E-state index contributed by atoms with van der Waals surface area (Å²) < 4.78 is 19.6. The number of nitrogens with two attached hydrogens (primary N) is 2. The number of hydrazine groups is 1. The number of halogens is 1. The van der Waals surface area contributed by atoms with Crippen molar-refractivity contribution in [3.8, 4) is 0 Å². The number of nitrogen functional groups attached to an aromatic ring is 1. The Bertz CT molecular complexity index is 502. The molecule has 0 saturated carbocycles. The van der Waals surface area contributed by atoms with Gasteiger partial charge in [-0.05, 0) is 57.9 Å². The second-order valence-electron chi connectivity index (χ2n) is 6.69. The summed E-state index contributed by atoms with van der Waals surface area (Å²) in [7, 11) is 0. The fourth-order valence-electron chi connectivity index (χ4n) is 3.36. The highest BCUT2D eigenvalue weighted by Crippen LogP contribution is 2.48. The number of benzene rings is 1. The molecular weight excluding hydrogens is 257 g/mol. The molecule has 1 heterocycles. The van der Waals surface area contributed by atoms with Crippen LogP contribution in [0.25, 0.3) is 0 Å². The van der Waals surface area contributed by atoms with Gasteiger partial charge in [-0.15, -0.1) is 0 Å². The van der Waals surface area contributed by atoms with Gasteiger partial charge in [-0.2, -0.15) is 0 Å². The van der Waals surface area contributed by atoms with E-state index in [2.05, 4.69) is 19.3 Å². The van der Waals surface area contributed by atoms with Gasteiger partial charge < -0.3 is 10.5 Å². The average Bonchev–Trinajstić information content (AvgIpc) is 2.53. The fraction of sp³-hybridized carbons (Fsp3) is 0.600. The van der Waals surface area contributed by atoms with Crippen LogP contribution in [-0.4, -0.2) is 11.2 Å². The monoisotopic (exact) mass is 281 g/mol. The molecule has 1 aliphatic heterocycles. The Morgan fingerprint density at radius 2 is 2.00 bits per heavy atom. The Morgan fingerprint density at radius 1 is 1.35 bits per heavy atom. The van der Waals surface area contributed by atoms with E-state index in [9.17, 15) is 4.39 Å². The van der Waals surface area contributed by atoms with Crippen molar-refractivity contribution in [2.75, 3.05) is 5.73 Å². The van der Waals surface area contributed by atoms with E-state index in [1.54, 1.807) is 6.07 Å². The molecule has 1 aromatic carbocycles. The van der Waals surface area contributed by atoms with Crippen LogP contribution >= 0.6 is 0 Å². The molecule has 2 atom stereocenters. The number of rotatable bonds is 3. The summed E-state index contributed by atoms with van der Waals surface area (Å²) in [5.41, 5.74) is 9.41. The molecule has 4 nitrogen and oxygen atoms in total. The van der Waals surface area contributed by atoms with Crippen LogP contribution in [0, 0.1) is 11.7 Å². The largest absolute Gasteiger partial charge is 0.398 e. The average molecular weight is 281 g/mol. The molecule has 0 amide bonds. The summed E-state index contributed by atoms with van der Waals surface area (Å²) >= 11 is 0. The molecule has 1 aliphatic rings. The van der Waals surface area contributed by atoms with Crippen molar-refractivity contribution in [1.82, 2.24) is 5.43 Å². The van der Waals surface area contributed by atoms with Crippen molar-refractivity contribution in [3.05, 3.63) is 29.6 Å². The van der Waals surface area contributed by atoms with Crippen molar-refractivity contribution in [2.24, 2.45) is 11.8 Å². The molecule has 0 aliphatic carbocycles. The van der Waals surface area contributed by atoms with Gasteiger partial charge in [0.15, 0.2) is 0 Å². The van der Waals surface area contributed by atoms with Crippen molar-refractivity contribution >= 4 is 5.69 Å². The number of nitrogens with one attached hydrogen (secondary N) is 1. The molecule has 1 aromatic rings. The first kappa shape index (κ1) is 15.2. The SMILES string of the molecule is CC1(C)CC(C(NN)c2cc(F)ccc2N)C(C)(C)O1. The van der Waals surface area contributed by atoms with E-state index in [0.29, 0.717) is 11.3 Å². The topological polar surface area (TPSA) is 73.3 Å². The highest BCUT2D eigenvalue weighted by molar-refractivity contribution is 5.49. The summed E-state index contributed by atoms with van der Waals surface area (Å²) in [6, 6.07) is 4.12. The van der Waals surface area contributed by atoms with Crippen molar-refractivity contribution < 1.29 is 9.13 Å². The summed E-state index contributed by atoms with van der Waals surface area (Å²) in [5, 5.41) is 0. The maximum absolute atomic E-state index is 13.5. The van der Waals surface area contributed by atoms with E-state index in [0.717, 1.165) is 6.42 Å². The maximum atomic E-state index is 13.5. The molecule has 0 radical (unpaired) electrons. The molecule has 1 saturated heterocycles. The predicted octanol–water partition coefficient (Wildman–Crippen LogP) is 2.51. The first-order valence-electron chi connectivity index (χ1n) is 6.87. The van der Waals surface area contributed by atoms with Crippen LogP contribution in [0.15, 0.2) is 18.2 Å². The third-order valence-electron chi connectivity index (χ3n) is 4.11. The maximum Gasteiger partial charge on any atom is 0.123 e. The van der Waals surface area contributed by atoms with Crippen LogP contribution in [0.1, 0.15) is 45.7 Å². The quantitative estimate of drug-likeness (QED) is 0.452. The Morgan fingerprint density at radius 3 is 2.50 bits per heavy atom. The minimum absolute atomic E-state index is 0.103. The molecule has 112 valence electrons. The van der Waals surface area contributed by atoms with E-state index in [1.165, 1.54) is 12.1 Å². The first-order chi connectivity index (χ1) is 9.16. The lowest BCUT2D eigenvalue weighted by molar-refractivity contribution is -0.0778. The van der Waals surface area contributed by atoms with Gasteiger partial charge >= 0.3 is 0 Å². The van der Waals surface area contributed by atoms with E-state index in [1.807, 2.05) is 13.8 Å². The number of hydrogen-bond donors (Lipinski definition) is 3. The molecule has 2 unspecified atom stereocenters. The van der Waals surface area contributed by atoms with Gasteiger partial charge in [0.2, 0.25) is 0 Å². The highest BCUT2D eigenvalue weighted by Gasteiger charge is 2.49. The van der Waals surface area contributed by atoms with Gasteiger partial charge in [-0.1, -0.05) is 0 Å². The highest BCUT2D eigenvalue weighted by atomic mass is 19.1. The molecule has 20 heavy (non-hydrogen) atoms. The van der Waals surface area contributed by atoms with Crippen molar-refractivity contribution in [2.45, 2.75) is 51.4 Å². The third-order valence-corrected chi connectivity index (χ3v) is 4.11. The number of anilines is 1. The lowest BCUT2D eigenvalue weighted by Crippen LogP contribution is -2.41. The Hall–Kier alpha value is -1.17. The van der Waals surface area contributed by atoms with Crippen LogP contribution in [0.5, 0.6) is 0 Å². The molecule has 0 bridgehead atoms. The van der Waals surface area contributed by atoms with Gasteiger partial charge in [-0.25, -0.2) is 4.39 Å². The van der Waals surface area contributed by atoms with Crippen LogP contribution in [0.2, 0.25) is 0 Å². The first-order valence-corrected chi connectivity index (χ1v) is 6.87. The summed E-state index contributed by atoms with van der Waals surface area (Å²) in [4.78, 5) is 0. The molecule has 2 rings (SSSR count). The molecule has 0 aromatic heterocycles. The second kappa shape index (κ2) is 4.98. The summed E-state index contributed by atoms with van der Waals surface area (Å²) in [6.45, 7) is 8.17. The molecule has 5 N–H and O–H groups in total. The van der Waals surface area contributed by atoms with E-state index < -0.39 is 0 Å². The number of ether oxygens (including phenoxy) is 1. The smallest absolute Gasteiger partial charge is 0.123 e. The summed E-state index contributed by atoms with van der Waals surface area (Å²) in [6.07, 6.45) is 0.824. The van der Waals surface area contributed by atoms with Crippen molar-refractivity contribution in [3.63, 3.8) is 0 Å². The zero-order valence-corrected chi connectivity index (χ0v) is 12.5. The van der Waals surface area contributed by atoms with Gasteiger partial charge in [-0.3, -0.25) is 11.3 Å². The fourth-order valence-corrected chi connectivity index (χ4v) is 3.36. The van der Waals surface area contributed by atoms with E-state index in [4.69, 9.17) is 16.3 Å². The Balaban J connectivity index is 2.40. The lowest BCUT2D eigenvalue weighted by atomic mass is 9.79. The van der Waals surface area contributed by atoms with Crippen LogP contribution in [0.4, 0.5) is 10.1 Å². The van der Waals surface area contributed by atoms with Gasteiger partial charge in [0.05, 0.1) is 17.2 Å². The minimum atomic E-state index is -0.362. The lowest BCUT2D eigenvalue weighted by Gasteiger charge is -2.33. The third kappa shape index (κ3) is 2.80. The normalized spacial score (nSPS) is 25.6. The van der Waals surface area contributed by atoms with Gasteiger partial charge in [0.25, 0.3) is 0 Å². The van der Waals surface area contributed by atoms with Crippen LogP contribution in [0.3, 0.4) is 0 Å².